The van der Waals surface area contributed by atoms with Crippen LogP contribution >= 0.6 is 11.8 Å². The highest BCUT2D eigenvalue weighted by Gasteiger charge is 2.24. The van der Waals surface area contributed by atoms with E-state index in [2.05, 4.69) is 224 Å². The summed E-state index contributed by atoms with van der Waals surface area (Å²) >= 11 is 1.90. The molecule has 0 spiro atoms. The Morgan fingerprint density at radius 3 is 1.39 bits per heavy atom. The molecule has 0 radical (unpaired) electrons. The first-order valence-electron chi connectivity index (χ1n) is 20.2. The summed E-state index contributed by atoms with van der Waals surface area (Å²) in [6.07, 6.45) is 3.64. The van der Waals surface area contributed by atoms with Crippen LogP contribution in [0.4, 0.5) is 5.69 Å². The van der Waals surface area contributed by atoms with Crippen molar-refractivity contribution in [2.75, 3.05) is 5.32 Å². The molecular weight excluding hydrogens is 695 g/mol. The van der Waals surface area contributed by atoms with Gasteiger partial charge in [-0.05, 0) is 120 Å². The first-order chi connectivity index (χ1) is 27.2. The van der Waals surface area contributed by atoms with E-state index in [0.29, 0.717) is 5.37 Å². The number of thioether (sulfide) groups is 1. The Labute approximate surface area is 342 Å². The molecule has 0 bridgehead atoms. The summed E-state index contributed by atoms with van der Waals surface area (Å²) in [6.45, 7) is 17.3. The van der Waals surface area contributed by atoms with E-state index >= 15 is 0 Å². The molecule has 1 aliphatic heterocycles. The summed E-state index contributed by atoms with van der Waals surface area (Å²) in [4.78, 5) is 1.34. The maximum absolute atomic E-state index is 3.65. The molecule has 1 nitrogen and oxygen atoms in total. The third kappa shape index (κ3) is 11.4. The van der Waals surface area contributed by atoms with Gasteiger partial charge in [0.15, 0.2) is 0 Å². The largest absolute Gasteiger partial charge is 0.368 e. The average molecular weight is 754 g/mol. The standard InChI is InChI=1S/C21H19NS.C16H18.C14H14.C3H8/c1-14-8-6-7-11-17(14)18-13-20-19(12-15(18)2)22-21(23-20)16-9-4-3-5-10-16;1-3-4-14-7-11-16(12-8-14)15-9-5-13(2)6-10-15;1-11-7-3-5-9-13(11)14-10-6-4-8-12(14)2;1-3-2/h3-13,21-22H,1-2H3;5-12H,3-4H2,1-2H3;3-10H,1-2H3;3H2,1-2H3. The minimum absolute atomic E-state index is 0.303. The first kappa shape index (κ1) is 41.8. The van der Waals surface area contributed by atoms with Crippen molar-refractivity contribution in [3.63, 3.8) is 0 Å². The molecule has 2 heteroatoms. The summed E-state index contributed by atoms with van der Waals surface area (Å²) in [5, 5.41) is 3.95. The second kappa shape index (κ2) is 21.1. The van der Waals surface area contributed by atoms with Gasteiger partial charge in [0, 0.05) is 10.6 Å². The van der Waals surface area contributed by atoms with E-state index in [4.69, 9.17) is 0 Å². The zero-order valence-corrected chi connectivity index (χ0v) is 35.5. The average Bonchev–Trinajstić information content (AvgIpc) is 3.63. The van der Waals surface area contributed by atoms with Crippen LogP contribution in [0.2, 0.25) is 0 Å². The second-order valence-corrected chi connectivity index (χ2v) is 15.8. The molecule has 0 saturated carbocycles. The third-order valence-electron chi connectivity index (χ3n) is 9.85. The Hall–Kier alpha value is -5.31. The van der Waals surface area contributed by atoms with Crippen LogP contribution in [0, 0.1) is 34.6 Å². The Bertz CT molecular complexity index is 2210. The summed E-state index contributed by atoms with van der Waals surface area (Å²) < 4.78 is 0. The molecule has 56 heavy (non-hydrogen) atoms. The maximum Gasteiger partial charge on any atom is 0.103 e. The second-order valence-electron chi connectivity index (χ2n) is 14.7. The smallest absolute Gasteiger partial charge is 0.103 e. The van der Waals surface area contributed by atoms with Gasteiger partial charge in [-0.2, -0.15) is 0 Å². The zero-order valence-electron chi connectivity index (χ0n) is 34.7. The molecule has 1 atom stereocenters. The lowest BCUT2D eigenvalue weighted by atomic mass is 9.96. The highest BCUT2D eigenvalue weighted by Crippen LogP contribution is 2.48. The predicted molar refractivity (Wildman–Crippen MR) is 248 cm³/mol. The van der Waals surface area contributed by atoms with E-state index in [1.54, 1.807) is 0 Å². The van der Waals surface area contributed by atoms with Gasteiger partial charge in [-0.25, -0.2) is 0 Å². The minimum atomic E-state index is 0.303. The van der Waals surface area contributed by atoms with Gasteiger partial charge in [0.25, 0.3) is 0 Å². The molecule has 8 rings (SSSR count). The van der Waals surface area contributed by atoms with Crippen LogP contribution in [0.15, 0.2) is 169 Å². The predicted octanol–water partition coefficient (Wildman–Crippen LogP) is 16.2. The molecule has 1 heterocycles. The molecule has 0 aliphatic carbocycles. The number of rotatable bonds is 6. The maximum atomic E-state index is 3.65. The van der Waals surface area contributed by atoms with Crippen LogP contribution in [0.1, 0.15) is 77.9 Å². The molecule has 286 valence electrons. The highest BCUT2D eigenvalue weighted by atomic mass is 32.2. The molecule has 0 saturated heterocycles. The lowest BCUT2D eigenvalue weighted by molar-refractivity contribution is 0.922. The fraction of sp³-hybridized carbons (Fsp3) is 0.222. The normalized spacial score (nSPS) is 12.4. The van der Waals surface area contributed by atoms with Crippen molar-refractivity contribution in [1.82, 2.24) is 0 Å². The van der Waals surface area contributed by atoms with Crippen LogP contribution in [-0.2, 0) is 6.42 Å². The van der Waals surface area contributed by atoms with E-state index in [0.717, 1.165) is 0 Å². The van der Waals surface area contributed by atoms with Crippen molar-refractivity contribution in [3.05, 3.63) is 203 Å². The summed E-state index contributed by atoms with van der Waals surface area (Å²) in [6, 6.07) is 58.5. The van der Waals surface area contributed by atoms with E-state index in [9.17, 15) is 0 Å². The summed E-state index contributed by atoms with van der Waals surface area (Å²) in [5.74, 6) is 0. The fourth-order valence-electron chi connectivity index (χ4n) is 6.79. The van der Waals surface area contributed by atoms with Crippen molar-refractivity contribution in [2.24, 2.45) is 0 Å². The van der Waals surface area contributed by atoms with Crippen molar-refractivity contribution in [1.29, 1.82) is 0 Å². The van der Waals surface area contributed by atoms with Gasteiger partial charge in [0.05, 0.1) is 0 Å². The van der Waals surface area contributed by atoms with Gasteiger partial charge in [-0.15, -0.1) is 0 Å². The third-order valence-corrected chi connectivity index (χ3v) is 11.1. The van der Waals surface area contributed by atoms with Crippen molar-refractivity contribution in [2.45, 2.75) is 84.9 Å². The fourth-order valence-corrected chi connectivity index (χ4v) is 7.95. The summed E-state index contributed by atoms with van der Waals surface area (Å²) in [5.41, 5.74) is 18.6. The van der Waals surface area contributed by atoms with Crippen LogP contribution in [-0.4, -0.2) is 0 Å². The number of hydrogen-bond donors (Lipinski definition) is 1. The number of nitrogens with one attached hydrogen (secondary N) is 1. The number of aryl methyl sites for hydroxylation is 6. The van der Waals surface area contributed by atoms with Gasteiger partial charge >= 0.3 is 0 Å². The number of anilines is 1. The van der Waals surface area contributed by atoms with Gasteiger partial charge in [-0.1, -0.05) is 203 Å². The molecular formula is C54H59NS. The Kier molecular flexibility index (Phi) is 15.8. The molecule has 0 amide bonds. The summed E-state index contributed by atoms with van der Waals surface area (Å²) in [7, 11) is 0. The zero-order chi connectivity index (χ0) is 39.9. The molecule has 1 unspecified atom stereocenters. The van der Waals surface area contributed by atoms with Gasteiger partial charge < -0.3 is 5.32 Å². The topological polar surface area (TPSA) is 12.0 Å². The van der Waals surface area contributed by atoms with Crippen LogP contribution < -0.4 is 5.32 Å². The van der Waals surface area contributed by atoms with E-state index in [1.807, 2.05) is 11.8 Å². The van der Waals surface area contributed by atoms with Crippen LogP contribution in [0.25, 0.3) is 33.4 Å². The SMILES string of the molecule is CCC.CCCc1ccc(-c2ccc(C)cc2)cc1.Cc1ccccc1-c1cc2c(cc1C)NC(c1ccccc1)S2.Cc1ccccc1-c1ccccc1C. The molecule has 0 aromatic heterocycles. The minimum Gasteiger partial charge on any atom is -0.368 e. The Balaban J connectivity index is 0.000000161. The number of fused-ring (bicyclic) bond motifs is 1. The molecule has 0 fully saturated rings. The Morgan fingerprint density at radius 1 is 0.464 bits per heavy atom. The first-order valence-corrected chi connectivity index (χ1v) is 21.1. The van der Waals surface area contributed by atoms with Gasteiger partial charge in [0.2, 0.25) is 0 Å². The van der Waals surface area contributed by atoms with Crippen LogP contribution in [0.5, 0.6) is 0 Å². The number of benzene rings is 7. The molecule has 1 aliphatic rings. The number of hydrogen-bond acceptors (Lipinski definition) is 2. The van der Waals surface area contributed by atoms with Crippen molar-refractivity contribution < 1.29 is 0 Å². The van der Waals surface area contributed by atoms with Crippen molar-refractivity contribution >= 4 is 17.4 Å². The monoisotopic (exact) mass is 753 g/mol. The lowest BCUT2D eigenvalue weighted by Crippen LogP contribution is -2.00. The quantitative estimate of drug-likeness (QED) is 0.181. The Morgan fingerprint density at radius 2 is 0.911 bits per heavy atom. The van der Waals surface area contributed by atoms with E-state index in [-0.39, 0.29) is 0 Å². The molecule has 7 aromatic carbocycles. The van der Waals surface area contributed by atoms with Gasteiger partial charge in [0.1, 0.15) is 5.37 Å². The van der Waals surface area contributed by atoms with Crippen LogP contribution in [0.3, 0.4) is 0 Å². The molecule has 1 N–H and O–H groups in total. The van der Waals surface area contributed by atoms with E-state index < -0.39 is 0 Å². The lowest BCUT2D eigenvalue weighted by Gasteiger charge is -2.11. The van der Waals surface area contributed by atoms with Gasteiger partial charge in [-0.3, -0.25) is 0 Å². The molecule has 7 aromatic rings. The van der Waals surface area contributed by atoms with E-state index in [1.165, 1.54) is 102 Å². The highest BCUT2D eigenvalue weighted by molar-refractivity contribution is 8.00. The van der Waals surface area contributed by atoms with Crippen molar-refractivity contribution in [3.8, 4) is 33.4 Å².